The molecule has 0 fully saturated rings. The maximum atomic E-state index is 13.4. The normalized spacial score (nSPS) is 10.7. The van der Waals surface area contributed by atoms with E-state index in [0.29, 0.717) is 0 Å². The van der Waals surface area contributed by atoms with Crippen molar-refractivity contribution in [2.75, 3.05) is 6.61 Å². The molecule has 0 amide bonds. The van der Waals surface area contributed by atoms with E-state index in [0.717, 1.165) is 18.9 Å². The number of ether oxygens (including phenoxy) is 2. The number of unbranched alkanes of at least 4 members (excludes halogenated alkanes) is 1. The Kier molecular flexibility index (Phi) is 8.22. The highest BCUT2D eigenvalue weighted by atomic mass is 35.5. The van der Waals surface area contributed by atoms with Crippen LogP contribution in [0.2, 0.25) is 5.02 Å². The second-order valence-corrected chi connectivity index (χ2v) is 4.88. The van der Waals surface area contributed by atoms with Gasteiger partial charge in [0.25, 0.3) is 0 Å². The molecule has 120 valence electrons. The summed E-state index contributed by atoms with van der Waals surface area (Å²) < 4.78 is 23.1. The molecule has 22 heavy (non-hydrogen) atoms. The first-order valence-electron chi connectivity index (χ1n) is 7.00. The van der Waals surface area contributed by atoms with Crippen molar-refractivity contribution in [3.05, 3.63) is 41.2 Å². The zero-order valence-electron chi connectivity index (χ0n) is 12.3. The van der Waals surface area contributed by atoms with Crippen molar-refractivity contribution in [3.8, 4) is 5.75 Å². The van der Waals surface area contributed by atoms with Crippen LogP contribution in [0.25, 0.3) is 0 Å². The van der Waals surface area contributed by atoms with E-state index in [-0.39, 0.29) is 30.2 Å². The highest BCUT2D eigenvalue weighted by molar-refractivity contribution is 6.32. The Hall–Kier alpha value is -1.88. The van der Waals surface area contributed by atoms with Crippen LogP contribution >= 0.6 is 11.6 Å². The van der Waals surface area contributed by atoms with Crippen molar-refractivity contribution in [2.24, 2.45) is 0 Å². The first-order valence-corrected chi connectivity index (χ1v) is 7.37. The number of benzene rings is 1. The van der Waals surface area contributed by atoms with E-state index < -0.39 is 17.8 Å². The Morgan fingerprint density at radius 3 is 2.64 bits per heavy atom. The molecule has 1 rings (SSSR count). The van der Waals surface area contributed by atoms with Gasteiger partial charge in [0.15, 0.2) is 11.6 Å². The molecule has 0 aromatic heterocycles. The van der Waals surface area contributed by atoms with Crippen molar-refractivity contribution in [1.82, 2.24) is 0 Å². The van der Waals surface area contributed by atoms with Crippen LogP contribution in [-0.4, -0.2) is 18.5 Å². The Morgan fingerprint density at radius 2 is 1.95 bits per heavy atom. The fourth-order valence-corrected chi connectivity index (χ4v) is 1.72. The zero-order chi connectivity index (χ0) is 16.4. The number of hydrogen-bond donors (Lipinski definition) is 0. The lowest BCUT2D eigenvalue weighted by Gasteiger charge is -2.07. The average molecular weight is 329 g/mol. The van der Waals surface area contributed by atoms with E-state index in [9.17, 15) is 14.0 Å². The average Bonchev–Trinajstić information content (AvgIpc) is 2.49. The van der Waals surface area contributed by atoms with Crippen LogP contribution in [-0.2, 0) is 14.3 Å². The molecule has 0 heterocycles. The van der Waals surface area contributed by atoms with Crippen LogP contribution in [0.1, 0.15) is 32.6 Å². The molecular formula is C16H18ClFO4. The third kappa shape index (κ3) is 6.72. The smallest absolute Gasteiger partial charge is 0.311 e. The molecule has 0 aliphatic carbocycles. The van der Waals surface area contributed by atoms with Gasteiger partial charge in [0.05, 0.1) is 17.9 Å². The lowest BCUT2D eigenvalue weighted by atomic mass is 10.3. The van der Waals surface area contributed by atoms with Gasteiger partial charge in [-0.05, 0) is 18.6 Å². The highest BCUT2D eigenvalue weighted by Crippen LogP contribution is 2.27. The molecule has 0 N–H and O–H groups in total. The van der Waals surface area contributed by atoms with Crippen molar-refractivity contribution in [3.63, 3.8) is 0 Å². The number of carbonyl (C=O) groups excluding carboxylic acids is 2. The summed E-state index contributed by atoms with van der Waals surface area (Å²) in [7, 11) is 0. The standard InChI is InChI=1S/C16H18ClFO4/c1-2-3-4-5-11-21-14(19)9-10-15(20)22-16-12(17)7-6-8-13(16)18/h4-8H,2-3,9-11H2,1H3/b5-4-. The number of allylic oxidation sites excluding steroid dienone is 1. The fourth-order valence-electron chi connectivity index (χ4n) is 1.51. The first kappa shape index (κ1) is 18.2. The Balaban J connectivity index is 2.32. The third-order valence-corrected chi connectivity index (χ3v) is 2.93. The summed E-state index contributed by atoms with van der Waals surface area (Å²) in [5.41, 5.74) is 0. The highest BCUT2D eigenvalue weighted by Gasteiger charge is 2.14. The summed E-state index contributed by atoms with van der Waals surface area (Å²) >= 11 is 5.73. The molecule has 0 aliphatic rings. The molecule has 4 nitrogen and oxygen atoms in total. The molecule has 0 atom stereocenters. The van der Waals surface area contributed by atoms with Crippen molar-refractivity contribution >= 4 is 23.5 Å². The largest absolute Gasteiger partial charge is 0.461 e. The SMILES string of the molecule is CCC/C=C\COC(=O)CCC(=O)Oc1c(F)cccc1Cl. The van der Waals surface area contributed by atoms with Gasteiger partial charge >= 0.3 is 11.9 Å². The molecule has 0 saturated carbocycles. The molecule has 0 spiro atoms. The van der Waals surface area contributed by atoms with E-state index in [1.165, 1.54) is 12.1 Å². The summed E-state index contributed by atoms with van der Waals surface area (Å²) in [6.07, 6.45) is 5.28. The molecule has 0 saturated heterocycles. The molecule has 1 aromatic carbocycles. The molecule has 0 radical (unpaired) electrons. The second kappa shape index (κ2) is 9.95. The molecule has 0 unspecified atom stereocenters. The molecule has 6 heteroatoms. The van der Waals surface area contributed by atoms with Gasteiger partial charge in [0.2, 0.25) is 0 Å². The number of hydrogen-bond acceptors (Lipinski definition) is 4. The van der Waals surface area contributed by atoms with Crippen molar-refractivity contribution in [1.29, 1.82) is 0 Å². The number of esters is 2. The van der Waals surface area contributed by atoms with Crippen molar-refractivity contribution in [2.45, 2.75) is 32.6 Å². The summed E-state index contributed by atoms with van der Waals surface area (Å²) in [4.78, 5) is 23.0. The maximum Gasteiger partial charge on any atom is 0.311 e. The van der Waals surface area contributed by atoms with Gasteiger partial charge in [-0.15, -0.1) is 0 Å². The van der Waals surface area contributed by atoms with Crippen LogP contribution in [0, 0.1) is 5.82 Å². The third-order valence-electron chi connectivity index (χ3n) is 2.63. The number of para-hydroxylation sites is 1. The zero-order valence-corrected chi connectivity index (χ0v) is 13.1. The van der Waals surface area contributed by atoms with Gasteiger partial charge in [0.1, 0.15) is 6.61 Å². The number of rotatable bonds is 8. The van der Waals surface area contributed by atoms with E-state index in [1.807, 2.05) is 13.0 Å². The van der Waals surface area contributed by atoms with Gasteiger partial charge in [-0.25, -0.2) is 4.39 Å². The first-order chi connectivity index (χ1) is 10.5. The van der Waals surface area contributed by atoms with E-state index in [4.69, 9.17) is 21.1 Å². The summed E-state index contributed by atoms with van der Waals surface area (Å²) in [5, 5.41) is -0.00279. The molecule has 0 aliphatic heterocycles. The maximum absolute atomic E-state index is 13.4. The monoisotopic (exact) mass is 328 g/mol. The molecular weight excluding hydrogens is 311 g/mol. The van der Waals surface area contributed by atoms with E-state index in [1.54, 1.807) is 6.08 Å². The van der Waals surface area contributed by atoms with Gasteiger partial charge in [-0.1, -0.05) is 43.2 Å². The van der Waals surface area contributed by atoms with Crippen LogP contribution in [0.5, 0.6) is 5.75 Å². The minimum absolute atomic E-state index is 0.00279. The van der Waals surface area contributed by atoms with Gasteiger partial charge in [0, 0.05) is 0 Å². The minimum atomic E-state index is -0.745. The van der Waals surface area contributed by atoms with Crippen LogP contribution < -0.4 is 4.74 Å². The lowest BCUT2D eigenvalue weighted by Crippen LogP contribution is -2.13. The van der Waals surface area contributed by atoms with E-state index >= 15 is 0 Å². The summed E-state index contributed by atoms with van der Waals surface area (Å²) in [5.74, 6) is -2.32. The Bertz CT molecular complexity index is 523. The Labute approximate surface area is 133 Å². The van der Waals surface area contributed by atoms with Crippen LogP contribution in [0.15, 0.2) is 30.4 Å². The molecule has 1 aromatic rings. The predicted molar refractivity (Wildman–Crippen MR) is 81.3 cm³/mol. The fraction of sp³-hybridized carbons (Fsp3) is 0.375. The lowest BCUT2D eigenvalue weighted by molar-refractivity contribution is -0.146. The minimum Gasteiger partial charge on any atom is -0.461 e. The second-order valence-electron chi connectivity index (χ2n) is 4.47. The quantitative estimate of drug-likeness (QED) is 0.410. The van der Waals surface area contributed by atoms with Crippen LogP contribution in [0.3, 0.4) is 0 Å². The van der Waals surface area contributed by atoms with Crippen molar-refractivity contribution < 1.29 is 23.5 Å². The van der Waals surface area contributed by atoms with E-state index in [2.05, 4.69) is 0 Å². The Morgan fingerprint density at radius 1 is 1.23 bits per heavy atom. The summed E-state index contributed by atoms with van der Waals surface area (Å²) in [6.45, 7) is 2.22. The number of halogens is 2. The van der Waals surface area contributed by atoms with Gasteiger partial charge in [-0.3, -0.25) is 9.59 Å². The van der Waals surface area contributed by atoms with Crippen LogP contribution in [0.4, 0.5) is 4.39 Å². The topological polar surface area (TPSA) is 52.6 Å². The van der Waals surface area contributed by atoms with Gasteiger partial charge in [-0.2, -0.15) is 0 Å². The van der Waals surface area contributed by atoms with Gasteiger partial charge < -0.3 is 9.47 Å². The molecule has 0 bridgehead atoms. The summed E-state index contributed by atoms with van der Waals surface area (Å²) in [6, 6.07) is 3.94. The number of carbonyl (C=O) groups is 2. The predicted octanol–water partition coefficient (Wildman–Crippen LogP) is 4.06.